The predicted molar refractivity (Wildman–Crippen MR) is 114 cm³/mol. The summed E-state index contributed by atoms with van der Waals surface area (Å²) in [5, 5.41) is 32.0. The molecule has 0 spiro atoms. The van der Waals surface area contributed by atoms with Gasteiger partial charge in [0.15, 0.2) is 5.60 Å². The van der Waals surface area contributed by atoms with Crippen LogP contribution in [0.2, 0.25) is 0 Å². The molecule has 0 aromatic heterocycles. The maximum Gasteiger partial charge on any atom is 0.340 e. The van der Waals surface area contributed by atoms with Gasteiger partial charge in [0.2, 0.25) is 0 Å². The summed E-state index contributed by atoms with van der Waals surface area (Å²) >= 11 is 0. The lowest BCUT2D eigenvalue weighted by Gasteiger charge is -2.34. The van der Waals surface area contributed by atoms with Gasteiger partial charge in [-0.2, -0.15) is 0 Å². The Morgan fingerprint density at radius 1 is 0.839 bits per heavy atom. The van der Waals surface area contributed by atoms with Crippen molar-refractivity contribution < 1.29 is 29.6 Å². The first-order valence-corrected chi connectivity index (χ1v) is 9.79. The third-order valence-electron chi connectivity index (χ3n) is 5.73. The Hall–Kier alpha value is -3.80. The van der Waals surface area contributed by atoms with Crippen LogP contribution in [0.1, 0.15) is 59.7 Å². The summed E-state index contributed by atoms with van der Waals surface area (Å²) in [6, 6.07) is 11.0. The first kappa shape index (κ1) is 20.5. The van der Waals surface area contributed by atoms with Crippen molar-refractivity contribution >= 4 is 11.9 Å². The molecule has 0 saturated carbocycles. The number of aromatic hydroxyl groups is 2. The molecule has 1 heterocycles. The SMILES string of the molecule is Cc1cc(C)c(C2(c3c(C)cc(C)cc3O)OC(=O)c3cccc(C(=O)O)c32)c(O)c1. The van der Waals surface area contributed by atoms with E-state index in [1.54, 1.807) is 13.8 Å². The third-order valence-corrected chi connectivity index (χ3v) is 5.73. The highest BCUT2D eigenvalue weighted by Crippen LogP contribution is 2.55. The van der Waals surface area contributed by atoms with Crippen LogP contribution < -0.4 is 0 Å². The molecular formula is C25H22O6. The van der Waals surface area contributed by atoms with Crippen LogP contribution in [-0.2, 0) is 10.3 Å². The van der Waals surface area contributed by atoms with Crippen molar-refractivity contribution in [1.29, 1.82) is 0 Å². The van der Waals surface area contributed by atoms with E-state index in [0.29, 0.717) is 11.1 Å². The van der Waals surface area contributed by atoms with Gasteiger partial charge in [0, 0.05) is 16.7 Å². The molecule has 3 N–H and O–H groups in total. The number of aromatic carboxylic acids is 1. The molecule has 3 aromatic rings. The number of fused-ring (bicyclic) bond motifs is 1. The number of rotatable bonds is 3. The predicted octanol–water partition coefficient (Wildman–Crippen LogP) is 4.49. The number of hydrogen-bond donors (Lipinski definition) is 3. The van der Waals surface area contributed by atoms with Gasteiger partial charge in [-0.1, -0.05) is 18.2 Å². The van der Waals surface area contributed by atoms with Gasteiger partial charge in [0.25, 0.3) is 0 Å². The molecule has 1 aliphatic heterocycles. The Bertz CT molecular complexity index is 1170. The first-order valence-electron chi connectivity index (χ1n) is 9.79. The van der Waals surface area contributed by atoms with Crippen molar-refractivity contribution in [3.8, 4) is 11.5 Å². The number of carboxylic acids is 1. The quantitative estimate of drug-likeness (QED) is 0.542. The van der Waals surface area contributed by atoms with Gasteiger partial charge in [-0.15, -0.1) is 0 Å². The molecule has 6 heteroatoms. The van der Waals surface area contributed by atoms with E-state index in [1.807, 2.05) is 26.0 Å². The molecule has 0 atom stereocenters. The number of phenolic OH excluding ortho intramolecular Hbond substituents is 2. The van der Waals surface area contributed by atoms with Crippen LogP contribution in [0.3, 0.4) is 0 Å². The van der Waals surface area contributed by atoms with Gasteiger partial charge in [0.1, 0.15) is 11.5 Å². The highest BCUT2D eigenvalue weighted by atomic mass is 16.6. The number of carboxylic acid groups (broad SMARTS) is 1. The molecule has 0 aliphatic carbocycles. The number of ether oxygens (including phenoxy) is 1. The van der Waals surface area contributed by atoms with Gasteiger partial charge in [-0.3, -0.25) is 0 Å². The van der Waals surface area contributed by atoms with Gasteiger partial charge >= 0.3 is 11.9 Å². The van der Waals surface area contributed by atoms with Crippen molar-refractivity contribution in [2.24, 2.45) is 0 Å². The van der Waals surface area contributed by atoms with Gasteiger partial charge in [0.05, 0.1) is 11.1 Å². The monoisotopic (exact) mass is 418 g/mol. The molecule has 4 rings (SSSR count). The molecule has 0 bridgehead atoms. The zero-order valence-electron chi connectivity index (χ0n) is 17.6. The van der Waals surface area contributed by atoms with E-state index in [-0.39, 0.29) is 39.3 Å². The molecule has 3 aromatic carbocycles. The number of carbonyl (C=O) groups is 2. The van der Waals surface area contributed by atoms with Gasteiger partial charge < -0.3 is 20.1 Å². The smallest absolute Gasteiger partial charge is 0.340 e. The normalized spacial score (nSPS) is 14.3. The molecular weight excluding hydrogens is 396 g/mol. The second kappa shape index (κ2) is 6.87. The van der Waals surface area contributed by atoms with E-state index in [1.165, 1.54) is 30.3 Å². The zero-order chi connectivity index (χ0) is 22.7. The standard InChI is InChI=1S/C25H22O6/c1-12-8-14(3)20(18(26)10-12)25(21-15(4)9-13(2)11-19(21)27)22-16(23(28)29)6-5-7-17(22)24(30)31-25/h5-11,26-27H,1-4H3,(H,28,29). The fourth-order valence-corrected chi connectivity index (χ4v) is 4.81. The molecule has 31 heavy (non-hydrogen) atoms. The Balaban J connectivity index is 2.27. The highest BCUT2D eigenvalue weighted by Gasteiger charge is 2.54. The fraction of sp³-hybridized carbons (Fsp3) is 0.200. The Morgan fingerprint density at radius 2 is 1.35 bits per heavy atom. The van der Waals surface area contributed by atoms with Crippen molar-refractivity contribution in [2.75, 3.05) is 0 Å². The first-order chi connectivity index (χ1) is 14.6. The molecule has 0 radical (unpaired) electrons. The van der Waals surface area contributed by atoms with E-state index in [4.69, 9.17) is 4.74 Å². The molecule has 6 nitrogen and oxygen atoms in total. The van der Waals surface area contributed by atoms with E-state index in [9.17, 15) is 24.9 Å². The second-order valence-electron chi connectivity index (χ2n) is 8.06. The molecule has 0 fully saturated rings. The van der Waals surface area contributed by atoms with Gasteiger partial charge in [-0.05, 0) is 74.2 Å². The van der Waals surface area contributed by atoms with Crippen LogP contribution in [0, 0.1) is 27.7 Å². The fourth-order valence-electron chi connectivity index (χ4n) is 4.81. The average Bonchev–Trinajstić information content (AvgIpc) is 2.93. The summed E-state index contributed by atoms with van der Waals surface area (Å²) in [6.07, 6.45) is 0. The lowest BCUT2D eigenvalue weighted by Crippen LogP contribution is -2.33. The number of benzene rings is 3. The van der Waals surface area contributed by atoms with Crippen molar-refractivity contribution in [1.82, 2.24) is 0 Å². The van der Waals surface area contributed by atoms with E-state index in [0.717, 1.165) is 11.1 Å². The van der Waals surface area contributed by atoms with E-state index in [2.05, 4.69) is 0 Å². The van der Waals surface area contributed by atoms with Crippen LogP contribution in [0.15, 0.2) is 42.5 Å². The minimum absolute atomic E-state index is 0.0821. The number of aryl methyl sites for hydroxylation is 4. The van der Waals surface area contributed by atoms with Crippen LogP contribution in [0.4, 0.5) is 0 Å². The Morgan fingerprint density at radius 3 is 1.81 bits per heavy atom. The zero-order valence-corrected chi connectivity index (χ0v) is 17.6. The lowest BCUT2D eigenvalue weighted by atomic mass is 9.73. The number of hydrogen-bond acceptors (Lipinski definition) is 5. The van der Waals surface area contributed by atoms with Crippen LogP contribution >= 0.6 is 0 Å². The number of phenols is 2. The number of esters is 1. The summed E-state index contributed by atoms with van der Waals surface area (Å²) in [4.78, 5) is 25.2. The highest BCUT2D eigenvalue weighted by molar-refractivity contribution is 6.02. The van der Waals surface area contributed by atoms with Crippen molar-refractivity contribution in [3.05, 3.63) is 92.5 Å². The maximum absolute atomic E-state index is 13.0. The largest absolute Gasteiger partial charge is 0.507 e. The van der Waals surface area contributed by atoms with E-state index >= 15 is 0 Å². The summed E-state index contributed by atoms with van der Waals surface area (Å²) in [6.45, 7) is 7.13. The summed E-state index contributed by atoms with van der Waals surface area (Å²) in [7, 11) is 0. The summed E-state index contributed by atoms with van der Waals surface area (Å²) < 4.78 is 5.96. The minimum atomic E-state index is -1.83. The van der Waals surface area contributed by atoms with Crippen LogP contribution in [0.25, 0.3) is 0 Å². The third kappa shape index (κ3) is 2.86. The molecule has 158 valence electrons. The Kier molecular flexibility index (Phi) is 4.54. The number of carbonyl (C=O) groups excluding carboxylic acids is 1. The molecule has 1 aliphatic rings. The number of cyclic esters (lactones) is 1. The molecule has 0 saturated heterocycles. The Labute approximate surface area is 179 Å². The lowest BCUT2D eigenvalue weighted by molar-refractivity contribution is 0.0230. The minimum Gasteiger partial charge on any atom is -0.507 e. The average molecular weight is 418 g/mol. The molecule has 0 amide bonds. The molecule has 0 unspecified atom stereocenters. The second-order valence-corrected chi connectivity index (χ2v) is 8.06. The van der Waals surface area contributed by atoms with Crippen LogP contribution in [0.5, 0.6) is 11.5 Å². The summed E-state index contributed by atoms with van der Waals surface area (Å²) in [5.74, 6) is -2.28. The maximum atomic E-state index is 13.0. The topological polar surface area (TPSA) is 104 Å². The van der Waals surface area contributed by atoms with E-state index < -0.39 is 17.5 Å². The summed E-state index contributed by atoms with van der Waals surface area (Å²) in [5.41, 5.74) is 1.42. The van der Waals surface area contributed by atoms with Crippen molar-refractivity contribution in [3.63, 3.8) is 0 Å². The van der Waals surface area contributed by atoms with Gasteiger partial charge in [-0.25, -0.2) is 9.59 Å². The van der Waals surface area contributed by atoms with Crippen LogP contribution in [-0.4, -0.2) is 27.3 Å². The van der Waals surface area contributed by atoms with Crippen molar-refractivity contribution in [2.45, 2.75) is 33.3 Å².